The lowest BCUT2D eigenvalue weighted by molar-refractivity contribution is -0.154. The number of rotatable bonds is 4. The molecular formula is C18H23NO4. The van der Waals surface area contributed by atoms with E-state index in [1.165, 1.54) is 7.11 Å². The van der Waals surface area contributed by atoms with Crippen LogP contribution < -0.4 is 5.32 Å². The lowest BCUT2D eigenvalue weighted by atomic mass is 9.73. The first kappa shape index (κ1) is 15.8. The van der Waals surface area contributed by atoms with Crippen molar-refractivity contribution in [2.45, 2.75) is 50.7 Å². The highest BCUT2D eigenvalue weighted by molar-refractivity contribution is 5.78. The van der Waals surface area contributed by atoms with Crippen LogP contribution in [0.5, 0.6) is 0 Å². The second-order valence-corrected chi connectivity index (χ2v) is 6.77. The van der Waals surface area contributed by atoms with Crippen LogP contribution in [-0.2, 0) is 20.9 Å². The Morgan fingerprint density at radius 2 is 1.91 bits per heavy atom. The number of amides is 1. The second-order valence-electron chi connectivity index (χ2n) is 6.77. The quantitative estimate of drug-likeness (QED) is 0.866. The van der Waals surface area contributed by atoms with E-state index in [4.69, 9.17) is 9.47 Å². The van der Waals surface area contributed by atoms with Gasteiger partial charge in [-0.05, 0) is 44.1 Å². The fourth-order valence-electron chi connectivity index (χ4n) is 4.13. The van der Waals surface area contributed by atoms with Crippen LogP contribution in [0.2, 0.25) is 0 Å². The van der Waals surface area contributed by atoms with Gasteiger partial charge < -0.3 is 14.8 Å². The zero-order chi connectivity index (χ0) is 16.3. The van der Waals surface area contributed by atoms with Gasteiger partial charge in [0, 0.05) is 5.54 Å². The Balaban J connectivity index is 1.59. The Labute approximate surface area is 136 Å². The highest BCUT2D eigenvalue weighted by Gasteiger charge is 2.56. The van der Waals surface area contributed by atoms with Crippen LogP contribution in [0.1, 0.15) is 44.1 Å². The molecule has 3 rings (SSSR count). The molecule has 0 aromatic heterocycles. The van der Waals surface area contributed by atoms with E-state index in [9.17, 15) is 9.59 Å². The smallest absolute Gasteiger partial charge is 0.407 e. The van der Waals surface area contributed by atoms with Crippen LogP contribution in [0.15, 0.2) is 30.3 Å². The van der Waals surface area contributed by atoms with Gasteiger partial charge >= 0.3 is 12.1 Å². The molecule has 0 heterocycles. The van der Waals surface area contributed by atoms with E-state index < -0.39 is 11.5 Å². The average molecular weight is 317 g/mol. The molecule has 0 saturated heterocycles. The molecule has 2 aliphatic rings. The van der Waals surface area contributed by atoms with Gasteiger partial charge in [-0.1, -0.05) is 30.3 Å². The largest absolute Gasteiger partial charge is 0.469 e. The predicted molar refractivity (Wildman–Crippen MR) is 84.6 cm³/mol. The molecule has 2 unspecified atom stereocenters. The molecule has 0 radical (unpaired) electrons. The number of esters is 1. The Kier molecular flexibility index (Phi) is 4.28. The summed E-state index contributed by atoms with van der Waals surface area (Å²) in [5, 5.41) is 3.03. The topological polar surface area (TPSA) is 64.6 Å². The fourth-order valence-corrected chi connectivity index (χ4v) is 4.13. The summed E-state index contributed by atoms with van der Waals surface area (Å²) in [7, 11) is 1.44. The van der Waals surface area contributed by atoms with Crippen LogP contribution in [0.25, 0.3) is 0 Å². The Hall–Kier alpha value is -2.04. The standard InChI is InChI=1S/C18H23NO4/c1-22-15(20)17-8-5-9-18(13-17,11-10-17)19-16(21)23-12-14-6-3-2-4-7-14/h2-4,6-7H,5,8-13H2,1H3,(H,19,21). The molecule has 1 aromatic carbocycles. The van der Waals surface area contributed by atoms with Gasteiger partial charge in [-0.3, -0.25) is 4.79 Å². The SMILES string of the molecule is COC(=O)C12CCCC(NC(=O)OCc3ccccc3)(CC1)C2. The zero-order valence-corrected chi connectivity index (χ0v) is 13.5. The van der Waals surface area contributed by atoms with Gasteiger partial charge in [0.1, 0.15) is 6.61 Å². The number of nitrogens with one attached hydrogen (secondary N) is 1. The van der Waals surface area contributed by atoms with Gasteiger partial charge in [-0.2, -0.15) is 0 Å². The van der Waals surface area contributed by atoms with Crippen molar-refractivity contribution in [2.24, 2.45) is 5.41 Å². The maximum absolute atomic E-state index is 12.2. The van der Waals surface area contributed by atoms with Crippen molar-refractivity contribution >= 4 is 12.1 Å². The van der Waals surface area contributed by atoms with Crippen molar-refractivity contribution in [1.29, 1.82) is 0 Å². The molecule has 2 atom stereocenters. The van der Waals surface area contributed by atoms with Gasteiger partial charge in [0.2, 0.25) is 0 Å². The van der Waals surface area contributed by atoms with E-state index in [1.807, 2.05) is 30.3 Å². The van der Waals surface area contributed by atoms with Crippen molar-refractivity contribution in [3.05, 3.63) is 35.9 Å². The van der Waals surface area contributed by atoms with E-state index in [0.717, 1.165) is 37.7 Å². The number of benzene rings is 1. The van der Waals surface area contributed by atoms with Crippen LogP contribution >= 0.6 is 0 Å². The van der Waals surface area contributed by atoms with Crippen LogP contribution in [0.4, 0.5) is 4.79 Å². The molecule has 23 heavy (non-hydrogen) atoms. The van der Waals surface area contributed by atoms with E-state index in [1.54, 1.807) is 0 Å². The van der Waals surface area contributed by atoms with Gasteiger partial charge in [0.25, 0.3) is 0 Å². The summed E-state index contributed by atoms with van der Waals surface area (Å²) in [5.41, 5.74) is 0.221. The summed E-state index contributed by atoms with van der Waals surface area (Å²) in [6.07, 6.45) is 4.51. The lowest BCUT2D eigenvalue weighted by Crippen LogP contribution is -2.50. The zero-order valence-electron chi connectivity index (χ0n) is 13.5. The predicted octanol–water partition coefficient (Wildman–Crippen LogP) is 3.18. The minimum Gasteiger partial charge on any atom is -0.469 e. The highest BCUT2D eigenvalue weighted by Crippen LogP contribution is 2.54. The lowest BCUT2D eigenvalue weighted by Gasteiger charge is -2.38. The van der Waals surface area contributed by atoms with Crippen molar-refractivity contribution < 1.29 is 19.1 Å². The van der Waals surface area contributed by atoms with Crippen molar-refractivity contribution in [3.63, 3.8) is 0 Å². The number of hydrogen-bond donors (Lipinski definition) is 1. The van der Waals surface area contributed by atoms with Crippen LogP contribution in [0, 0.1) is 5.41 Å². The first-order chi connectivity index (χ1) is 11.1. The number of alkyl carbamates (subject to hydrolysis) is 1. The third-order valence-electron chi connectivity index (χ3n) is 5.27. The summed E-state index contributed by atoms with van der Waals surface area (Å²) in [4.78, 5) is 24.3. The average Bonchev–Trinajstić information content (AvgIpc) is 2.84. The Morgan fingerprint density at radius 1 is 1.13 bits per heavy atom. The van der Waals surface area contributed by atoms with Gasteiger partial charge in [0.05, 0.1) is 12.5 Å². The molecule has 5 nitrogen and oxygen atoms in total. The van der Waals surface area contributed by atoms with Gasteiger partial charge in [0.15, 0.2) is 0 Å². The molecule has 1 N–H and O–H groups in total. The summed E-state index contributed by atoms with van der Waals surface area (Å²) in [5.74, 6) is -0.140. The Bertz CT molecular complexity index is 588. The first-order valence-electron chi connectivity index (χ1n) is 8.15. The minimum atomic E-state index is -0.417. The second kappa shape index (κ2) is 6.22. The molecular weight excluding hydrogens is 294 g/mol. The summed E-state index contributed by atoms with van der Waals surface area (Å²) in [6.45, 7) is 0.255. The molecule has 2 aliphatic carbocycles. The molecule has 2 saturated carbocycles. The summed E-state index contributed by atoms with van der Waals surface area (Å²) >= 11 is 0. The molecule has 1 aromatic rings. The number of carbonyl (C=O) groups is 2. The van der Waals surface area contributed by atoms with Crippen molar-refractivity contribution in [3.8, 4) is 0 Å². The third kappa shape index (κ3) is 3.19. The maximum atomic E-state index is 12.2. The number of hydrogen-bond acceptors (Lipinski definition) is 4. The summed E-state index contributed by atoms with van der Waals surface area (Å²) < 4.78 is 10.3. The third-order valence-corrected chi connectivity index (χ3v) is 5.27. The molecule has 0 spiro atoms. The minimum absolute atomic E-state index is 0.140. The van der Waals surface area contributed by atoms with E-state index in [-0.39, 0.29) is 18.1 Å². The highest BCUT2D eigenvalue weighted by atomic mass is 16.5. The van der Waals surface area contributed by atoms with Crippen molar-refractivity contribution in [2.75, 3.05) is 7.11 Å². The fraction of sp³-hybridized carbons (Fsp3) is 0.556. The van der Waals surface area contributed by atoms with Gasteiger partial charge in [-0.25, -0.2) is 4.79 Å². The van der Waals surface area contributed by atoms with E-state index in [2.05, 4.69) is 5.32 Å². The van der Waals surface area contributed by atoms with E-state index in [0.29, 0.717) is 6.42 Å². The molecule has 2 bridgehead atoms. The van der Waals surface area contributed by atoms with Crippen molar-refractivity contribution in [1.82, 2.24) is 5.32 Å². The molecule has 5 heteroatoms. The number of ether oxygens (including phenoxy) is 2. The first-order valence-corrected chi connectivity index (χ1v) is 8.15. The number of carbonyl (C=O) groups excluding carboxylic acids is 2. The molecule has 124 valence electrons. The summed E-state index contributed by atoms with van der Waals surface area (Å²) in [6, 6.07) is 9.60. The normalized spacial score (nSPS) is 28.9. The number of methoxy groups -OCH3 is 1. The van der Waals surface area contributed by atoms with Gasteiger partial charge in [-0.15, -0.1) is 0 Å². The number of fused-ring (bicyclic) bond motifs is 2. The maximum Gasteiger partial charge on any atom is 0.407 e. The molecule has 2 fully saturated rings. The monoisotopic (exact) mass is 317 g/mol. The van der Waals surface area contributed by atoms with Crippen LogP contribution in [-0.4, -0.2) is 24.7 Å². The molecule has 1 amide bonds. The molecule has 0 aliphatic heterocycles. The van der Waals surface area contributed by atoms with E-state index >= 15 is 0 Å². The Morgan fingerprint density at radius 3 is 2.65 bits per heavy atom. The van der Waals surface area contributed by atoms with Crippen LogP contribution in [0.3, 0.4) is 0 Å².